The molecule has 156 valence electrons. The summed E-state index contributed by atoms with van der Waals surface area (Å²) in [6, 6.07) is 2.33. The highest BCUT2D eigenvalue weighted by molar-refractivity contribution is 6.30. The van der Waals surface area contributed by atoms with E-state index in [2.05, 4.69) is 15.3 Å². The van der Waals surface area contributed by atoms with Gasteiger partial charge in [-0.3, -0.25) is 0 Å². The normalized spacial score (nSPS) is 18.0. The highest BCUT2D eigenvalue weighted by atomic mass is 35.5. The van der Waals surface area contributed by atoms with Crippen molar-refractivity contribution in [1.82, 2.24) is 20.2 Å². The number of hydrogen-bond acceptors (Lipinski definition) is 4. The van der Waals surface area contributed by atoms with Crippen molar-refractivity contribution in [1.29, 1.82) is 0 Å². The predicted octanol–water partition coefficient (Wildman–Crippen LogP) is 3.45. The molecule has 2 amide bonds. The Bertz CT molecular complexity index is 904. The summed E-state index contributed by atoms with van der Waals surface area (Å²) in [5.74, 6) is -1.16. The molecule has 0 radical (unpaired) electrons. The maximum atomic E-state index is 14.7. The quantitative estimate of drug-likeness (QED) is 0.722. The zero-order valence-electron chi connectivity index (χ0n) is 16.5. The molecule has 2 N–H and O–H groups in total. The highest BCUT2D eigenvalue weighted by Gasteiger charge is 2.37. The lowest BCUT2D eigenvalue weighted by Crippen LogP contribution is -2.53. The van der Waals surface area contributed by atoms with Crippen LogP contribution in [0, 0.1) is 11.7 Å². The summed E-state index contributed by atoms with van der Waals surface area (Å²) in [6.45, 7) is 4.12. The molecule has 3 atom stereocenters. The Morgan fingerprint density at radius 2 is 2.24 bits per heavy atom. The van der Waals surface area contributed by atoms with Crippen molar-refractivity contribution in [2.45, 2.75) is 38.8 Å². The van der Waals surface area contributed by atoms with Crippen LogP contribution < -0.4 is 5.32 Å². The first kappa shape index (κ1) is 21.1. The van der Waals surface area contributed by atoms with Gasteiger partial charge in [0.25, 0.3) is 0 Å². The summed E-state index contributed by atoms with van der Waals surface area (Å²) < 4.78 is 19.6. The molecule has 2 aromatic rings. The fraction of sp³-hybridized carbons (Fsp3) is 0.450. The van der Waals surface area contributed by atoms with Gasteiger partial charge in [-0.1, -0.05) is 37.9 Å². The largest absolute Gasteiger partial charge is 0.467 e. The molecule has 0 unspecified atom stereocenters. The second-order valence-corrected chi connectivity index (χ2v) is 7.55. The van der Waals surface area contributed by atoms with Crippen LogP contribution >= 0.6 is 11.6 Å². The van der Waals surface area contributed by atoms with Crippen molar-refractivity contribution < 1.29 is 18.7 Å². The molecular formula is C20H24ClFN4O3. The number of rotatable bonds is 5. The van der Waals surface area contributed by atoms with Crippen molar-refractivity contribution in [3.05, 3.63) is 52.3 Å². The molecule has 1 aliphatic heterocycles. The van der Waals surface area contributed by atoms with Crippen LogP contribution in [0.4, 0.5) is 9.18 Å². The van der Waals surface area contributed by atoms with E-state index < -0.39 is 29.9 Å². The van der Waals surface area contributed by atoms with Crippen LogP contribution in [0.1, 0.15) is 43.3 Å². The molecule has 1 aromatic carbocycles. The van der Waals surface area contributed by atoms with E-state index in [1.807, 2.05) is 13.8 Å². The molecule has 9 heteroatoms. The number of urea groups is 1. The third-order valence-corrected chi connectivity index (χ3v) is 5.63. The van der Waals surface area contributed by atoms with Gasteiger partial charge >= 0.3 is 12.0 Å². The van der Waals surface area contributed by atoms with Gasteiger partial charge in [-0.25, -0.2) is 19.0 Å². The number of hydrogen-bond donors (Lipinski definition) is 2. The number of nitrogens with zero attached hydrogens (tertiary/aromatic N) is 2. The fourth-order valence-corrected chi connectivity index (χ4v) is 3.70. The van der Waals surface area contributed by atoms with Crippen LogP contribution in [0.15, 0.2) is 24.5 Å². The Labute approximate surface area is 173 Å². The van der Waals surface area contributed by atoms with Crippen molar-refractivity contribution >= 4 is 23.6 Å². The van der Waals surface area contributed by atoms with E-state index in [0.29, 0.717) is 25.1 Å². The van der Waals surface area contributed by atoms with Gasteiger partial charge in [0.1, 0.15) is 17.9 Å². The zero-order chi connectivity index (χ0) is 21.1. The van der Waals surface area contributed by atoms with Gasteiger partial charge in [0, 0.05) is 29.2 Å². The Morgan fingerprint density at radius 1 is 1.48 bits per heavy atom. The van der Waals surface area contributed by atoms with Gasteiger partial charge in [0.05, 0.1) is 19.1 Å². The van der Waals surface area contributed by atoms with E-state index >= 15 is 0 Å². The summed E-state index contributed by atoms with van der Waals surface area (Å²) in [4.78, 5) is 34.2. The van der Waals surface area contributed by atoms with E-state index in [4.69, 9.17) is 16.3 Å². The first-order chi connectivity index (χ1) is 13.9. The number of aromatic nitrogens is 2. The number of carbonyl (C=O) groups excluding carboxylic acids is 2. The van der Waals surface area contributed by atoms with Gasteiger partial charge in [-0.15, -0.1) is 0 Å². The lowest BCUT2D eigenvalue weighted by Gasteiger charge is -2.36. The molecule has 7 nitrogen and oxygen atoms in total. The average molecular weight is 423 g/mol. The topological polar surface area (TPSA) is 87.3 Å². The Balaban J connectivity index is 1.96. The summed E-state index contributed by atoms with van der Waals surface area (Å²) in [6.07, 6.45) is 2.75. The number of amides is 2. The standard InChI is InChI=1S/C20H24ClFN4O3/c1-4-11(2)16(19(27)29-3)25-20(28)26-8-7-15-17(24-10-23-15)18(26)13-6-5-12(21)9-14(13)22/h5-6,9-11,16,18H,4,7-8H2,1-3H3,(H,23,24)(H,25,28)/t11-,16+,18+/m1/s1. The molecular weight excluding hydrogens is 399 g/mol. The maximum absolute atomic E-state index is 14.7. The van der Waals surface area contributed by atoms with E-state index in [0.717, 1.165) is 5.69 Å². The number of carbonyl (C=O) groups is 2. The molecule has 0 saturated heterocycles. The monoisotopic (exact) mass is 422 g/mol. The van der Waals surface area contributed by atoms with Crippen LogP contribution in [-0.2, 0) is 16.0 Å². The predicted molar refractivity (Wildman–Crippen MR) is 106 cm³/mol. The number of nitrogens with one attached hydrogen (secondary N) is 2. The van der Waals surface area contributed by atoms with Crippen molar-refractivity contribution in [3.63, 3.8) is 0 Å². The number of methoxy groups -OCH3 is 1. The average Bonchev–Trinajstić information content (AvgIpc) is 3.19. The van der Waals surface area contributed by atoms with Crippen molar-refractivity contribution in [2.75, 3.05) is 13.7 Å². The van der Waals surface area contributed by atoms with Gasteiger partial charge in [-0.2, -0.15) is 0 Å². The van der Waals surface area contributed by atoms with Gasteiger partial charge in [0.2, 0.25) is 0 Å². The molecule has 0 fully saturated rings. The molecule has 29 heavy (non-hydrogen) atoms. The number of H-pyrrole nitrogens is 1. The Kier molecular flexibility index (Phi) is 6.42. The number of imidazole rings is 1. The van der Waals surface area contributed by atoms with Crippen LogP contribution in [0.25, 0.3) is 0 Å². The number of benzene rings is 1. The van der Waals surface area contributed by atoms with Crippen LogP contribution in [0.5, 0.6) is 0 Å². The summed E-state index contributed by atoms with van der Waals surface area (Å²) in [5.41, 5.74) is 1.71. The minimum Gasteiger partial charge on any atom is -0.467 e. The SMILES string of the molecule is CC[C@@H](C)[C@H](NC(=O)N1CCc2[nH]cnc2[C@@H]1c1ccc(Cl)cc1F)C(=O)OC. The Morgan fingerprint density at radius 3 is 2.90 bits per heavy atom. The van der Waals surface area contributed by atoms with E-state index in [1.54, 1.807) is 12.1 Å². The first-order valence-electron chi connectivity index (χ1n) is 9.49. The van der Waals surface area contributed by atoms with Crippen LogP contribution in [0.2, 0.25) is 5.02 Å². The van der Waals surface area contributed by atoms with E-state index in [1.165, 1.54) is 24.4 Å². The second-order valence-electron chi connectivity index (χ2n) is 7.11. The first-order valence-corrected chi connectivity index (χ1v) is 9.87. The molecule has 0 spiro atoms. The van der Waals surface area contributed by atoms with Crippen molar-refractivity contribution in [2.24, 2.45) is 5.92 Å². The summed E-state index contributed by atoms with van der Waals surface area (Å²) in [7, 11) is 1.28. The minimum atomic E-state index is -0.797. The number of ether oxygens (including phenoxy) is 1. The minimum absolute atomic E-state index is 0.122. The van der Waals surface area contributed by atoms with Gasteiger partial charge < -0.3 is 19.9 Å². The fourth-order valence-electron chi connectivity index (χ4n) is 3.55. The molecule has 1 aromatic heterocycles. The third-order valence-electron chi connectivity index (χ3n) is 5.39. The lowest BCUT2D eigenvalue weighted by atomic mass is 9.95. The number of halogens is 2. The molecule has 0 aliphatic carbocycles. The summed E-state index contributed by atoms with van der Waals surface area (Å²) in [5, 5.41) is 3.03. The van der Waals surface area contributed by atoms with Crippen LogP contribution in [-0.4, -0.2) is 46.6 Å². The van der Waals surface area contributed by atoms with Crippen LogP contribution in [0.3, 0.4) is 0 Å². The lowest BCUT2D eigenvalue weighted by molar-refractivity contribution is -0.144. The number of fused-ring (bicyclic) bond motifs is 1. The molecule has 1 aliphatic rings. The highest BCUT2D eigenvalue weighted by Crippen LogP contribution is 2.35. The molecule has 2 heterocycles. The van der Waals surface area contributed by atoms with Gasteiger partial charge in [0.15, 0.2) is 0 Å². The van der Waals surface area contributed by atoms with E-state index in [-0.39, 0.29) is 16.5 Å². The number of aromatic amines is 1. The third kappa shape index (κ3) is 4.22. The molecule has 0 bridgehead atoms. The molecule has 0 saturated carbocycles. The Hall–Kier alpha value is -2.61. The zero-order valence-corrected chi connectivity index (χ0v) is 17.3. The van der Waals surface area contributed by atoms with E-state index in [9.17, 15) is 14.0 Å². The molecule has 3 rings (SSSR count). The second kappa shape index (κ2) is 8.82. The van der Waals surface area contributed by atoms with Gasteiger partial charge in [-0.05, 0) is 18.1 Å². The number of esters is 1. The van der Waals surface area contributed by atoms with Crippen molar-refractivity contribution in [3.8, 4) is 0 Å². The summed E-state index contributed by atoms with van der Waals surface area (Å²) >= 11 is 5.90. The smallest absolute Gasteiger partial charge is 0.328 e. The maximum Gasteiger partial charge on any atom is 0.328 e.